The van der Waals surface area contributed by atoms with Gasteiger partial charge in [-0.15, -0.1) is 0 Å². The van der Waals surface area contributed by atoms with Crippen molar-refractivity contribution in [2.75, 3.05) is 13.2 Å². The van der Waals surface area contributed by atoms with Gasteiger partial charge in [0.05, 0.1) is 28.2 Å². The van der Waals surface area contributed by atoms with Gasteiger partial charge in [-0.1, -0.05) is 35.9 Å². The van der Waals surface area contributed by atoms with Crippen LogP contribution in [0, 0.1) is 0 Å². The number of nitrogens with zero attached hydrogens (tertiary/aromatic N) is 2. The van der Waals surface area contributed by atoms with Crippen molar-refractivity contribution < 1.29 is 22.3 Å². The molecule has 150 valence electrons. The lowest BCUT2D eigenvalue weighted by molar-refractivity contribution is -0.137. The molecule has 1 heterocycles. The van der Waals surface area contributed by atoms with Gasteiger partial charge in [0.25, 0.3) is 0 Å². The van der Waals surface area contributed by atoms with Crippen LogP contribution in [-0.2, 0) is 15.3 Å². The van der Waals surface area contributed by atoms with E-state index in [9.17, 15) is 17.7 Å². The number of rotatable bonds is 5. The largest absolute Gasteiger partial charge is 0.417 e. The van der Waals surface area contributed by atoms with Crippen molar-refractivity contribution in [1.29, 1.82) is 0 Å². The molecule has 0 N–H and O–H groups in total. The van der Waals surface area contributed by atoms with E-state index in [1.807, 2.05) is 0 Å². The van der Waals surface area contributed by atoms with E-state index in [0.717, 1.165) is 6.07 Å². The van der Waals surface area contributed by atoms with Crippen LogP contribution in [0.3, 0.4) is 0 Å². The summed E-state index contributed by atoms with van der Waals surface area (Å²) >= 11 is 5.71. The van der Waals surface area contributed by atoms with E-state index in [1.165, 1.54) is 16.9 Å². The zero-order valence-electron chi connectivity index (χ0n) is 15.1. The molecule has 0 saturated carbocycles. The third-order valence-corrected chi connectivity index (χ3v) is 7.09. The van der Waals surface area contributed by atoms with Crippen LogP contribution in [0.4, 0.5) is 13.2 Å². The Morgan fingerprint density at radius 3 is 2.57 bits per heavy atom. The molecule has 2 aromatic carbocycles. The van der Waals surface area contributed by atoms with Crippen molar-refractivity contribution in [2.24, 2.45) is 5.10 Å². The minimum absolute atomic E-state index is 0.215. The van der Waals surface area contributed by atoms with E-state index in [2.05, 4.69) is 5.10 Å². The topological polar surface area (TPSA) is 41.9 Å². The van der Waals surface area contributed by atoms with Gasteiger partial charge < -0.3 is 4.52 Å². The summed E-state index contributed by atoms with van der Waals surface area (Å²) in [4.78, 5) is 0. The molecule has 1 aliphatic rings. The lowest BCUT2D eigenvalue weighted by atomic mass is 10.0. The number of benzene rings is 2. The van der Waals surface area contributed by atoms with Gasteiger partial charge in [0.2, 0.25) is 0 Å². The van der Waals surface area contributed by atoms with Crippen LogP contribution in [0.1, 0.15) is 30.9 Å². The van der Waals surface area contributed by atoms with Gasteiger partial charge in [-0.25, -0.2) is 4.78 Å². The number of hydrogen-bond donors (Lipinski definition) is 0. The Morgan fingerprint density at radius 2 is 1.93 bits per heavy atom. The van der Waals surface area contributed by atoms with Crippen LogP contribution >= 0.6 is 19.1 Å². The number of alkyl halides is 3. The smallest absolute Gasteiger partial charge is 0.309 e. The van der Waals surface area contributed by atoms with E-state index in [4.69, 9.17) is 16.1 Å². The number of hydrogen-bond acceptors (Lipinski definition) is 3. The van der Waals surface area contributed by atoms with E-state index in [0.29, 0.717) is 36.0 Å². The molecular formula is C19H19ClF3N2O2P. The van der Waals surface area contributed by atoms with Crippen molar-refractivity contribution in [1.82, 2.24) is 4.78 Å². The van der Waals surface area contributed by atoms with Crippen LogP contribution in [0.15, 0.2) is 53.6 Å². The van der Waals surface area contributed by atoms with Gasteiger partial charge in [0.15, 0.2) is 0 Å². The molecule has 2 aromatic rings. The second-order valence-electron chi connectivity index (χ2n) is 6.21. The highest BCUT2D eigenvalue weighted by Crippen LogP contribution is 2.51. The fourth-order valence-corrected chi connectivity index (χ4v) is 5.31. The molecule has 0 saturated heterocycles. The second-order valence-corrected chi connectivity index (χ2v) is 8.90. The van der Waals surface area contributed by atoms with Crippen molar-refractivity contribution in [3.8, 4) is 0 Å². The molecule has 1 aliphatic heterocycles. The average Bonchev–Trinajstić information content (AvgIpc) is 2.68. The quantitative estimate of drug-likeness (QED) is 0.570. The average molecular weight is 431 g/mol. The molecular weight excluding hydrogens is 412 g/mol. The summed E-state index contributed by atoms with van der Waals surface area (Å²) in [7, 11) is -3.46. The summed E-state index contributed by atoms with van der Waals surface area (Å²) < 4.78 is 60.2. The Morgan fingerprint density at radius 1 is 1.21 bits per heavy atom. The fourth-order valence-electron chi connectivity index (χ4n) is 3.01. The van der Waals surface area contributed by atoms with Crippen molar-refractivity contribution >= 4 is 30.1 Å². The zero-order valence-corrected chi connectivity index (χ0v) is 16.8. The standard InChI is InChI=1S/C19H19ClF3N2O2P/c1-2-27-28(26,15-7-4-3-5-8-15)25-12-6-9-18(24-25)14-10-11-17(20)16(13-14)19(21,22)23/h3-5,7-8,10-11,13H,2,6,9,12H2,1H3. The van der Waals surface area contributed by atoms with Gasteiger partial charge >= 0.3 is 13.7 Å². The molecule has 0 aliphatic carbocycles. The molecule has 28 heavy (non-hydrogen) atoms. The third kappa shape index (κ3) is 4.27. The fraction of sp³-hybridized carbons (Fsp3) is 0.316. The Hall–Kier alpha value is -1.82. The second kappa shape index (κ2) is 8.27. The van der Waals surface area contributed by atoms with E-state index in [-0.39, 0.29) is 11.6 Å². The highest BCUT2D eigenvalue weighted by Gasteiger charge is 2.36. The van der Waals surface area contributed by atoms with Crippen molar-refractivity contribution in [2.45, 2.75) is 25.9 Å². The lowest BCUT2D eigenvalue weighted by Crippen LogP contribution is -2.29. The maximum Gasteiger partial charge on any atom is 0.417 e. The molecule has 0 fully saturated rings. The highest BCUT2D eigenvalue weighted by atomic mass is 35.5. The minimum atomic E-state index is -4.56. The Balaban J connectivity index is 2.02. The zero-order chi connectivity index (χ0) is 20.4. The summed E-state index contributed by atoms with van der Waals surface area (Å²) in [5.41, 5.74) is -0.190. The van der Waals surface area contributed by atoms with Crippen molar-refractivity contribution in [3.05, 3.63) is 64.7 Å². The number of hydrazone groups is 1. The molecule has 0 radical (unpaired) electrons. The molecule has 4 nitrogen and oxygen atoms in total. The van der Waals surface area contributed by atoms with E-state index in [1.54, 1.807) is 37.3 Å². The molecule has 0 bridgehead atoms. The van der Waals surface area contributed by atoms with E-state index >= 15 is 0 Å². The molecule has 3 rings (SSSR count). The molecule has 9 heteroatoms. The predicted octanol–water partition coefficient (Wildman–Crippen LogP) is 5.71. The Kier molecular flexibility index (Phi) is 6.18. The predicted molar refractivity (Wildman–Crippen MR) is 104 cm³/mol. The maximum atomic E-state index is 13.6. The number of halogens is 4. The lowest BCUT2D eigenvalue weighted by Gasteiger charge is -2.32. The van der Waals surface area contributed by atoms with Gasteiger partial charge in [-0.05, 0) is 49.6 Å². The summed E-state index contributed by atoms with van der Waals surface area (Å²) in [6, 6.07) is 12.4. The maximum absolute atomic E-state index is 13.6. The van der Waals surface area contributed by atoms with Gasteiger partial charge in [-0.3, -0.25) is 4.57 Å². The monoisotopic (exact) mass is 430 g/mol. The van der Waals surface area contributed by atoms with Crippen LogP contribution in [0.2, 0.25) is 5.02 Å². The molecule has 0 spiro atoms. The van der Waals surface area contributed by atoms with Gasteiger partial charge in [-0.2, -0.15) is 18.3 Å². The normalized spacial score (nSPS) is 17.2. The molecule has 1 unspecified atom stereocenters. The summed E-state index contributed by atoms with van der Waals surface area (Å²) in [6.07, 6.45) is -3.50. The Bertz CT molecular complexity index is 919. The SMILES string of the molecule is CCOP(=O)(c1ccccc1)N1CCCC(c2ccc(Cl)c(C(F)(F)F)c2)=N1. The summed E-state index contributed by atoms with van der Waals surface area (Å²) in [6.45, 7) is 2.33. The van der Waals surface area contributed by atoms with Gasteiger partial charge in [0.1, 0.15) is 0 Å². The first kappa shape index (κ1) is 20.9. The van der Waals surface area contributed by atoms with Crippen LogP contribution < -0.4 is 5.30 Å². The molecule has 1 atom stereocenters. The summed E-state index contributed by atoms with van der Waals surface area (Å²) in [5.74, 6) is 0. The Labute approximate surface area is 166 Å². The summed E-state index contributed by atoms with van der Waals surface area (Å²) in [5, 5.41) is 4.55. The first-order valence-electron chi connectivity index (χ1n) is 8.78. The van der Waals surface area contributed by atoms with Crippen LogP contribution in [-0.4, -0.2) is 23.6 Å². The van der Waals surface area contributed by atoms with E-state index < -0.39 is 19.3 Å². The van der Waals surface area contributed by atoms with Crippen molar-refractivity contribution in [3.63, 3.8) is 0 Å². The highest BCUT2D eigenvalue weighted by molar-refractivity contribution is 7.64. The molecule has 0 aromatic heterocycles. The third-order valence-electron chi connectivity index (χ3n) is 4.30. The van der Waals surface area contributed by atoms with Crippen LogP contribution in [0.5, 0.6) is 0 Å². The molecule has 0 amide bonds. The van der Waals surface area contributed by atoms with Gasteiger partial charge in [0, 0.05) is 6.54 Å². The van der Waals surface area contributed by atoms with Crippen LogP contribution in [0.25, 0.3) is 0 Å². The minimum Gasteiger partial charge on any atom is -0.309 e. The first-order chi connectivity index (χ1) is 13.3. The first-order valence-corrected chi connectivity index (χ1v) is 10.7.